The van der Waals surface area contributed by atoms with Crippen molar-refractivity contribution in [2.75, 3.05) is 6.54 Å². The van der Waals surface area contributed by atoms with Crippen molar-refractivity contribution >= 4 is 11.8 Å². The third-order valence-corrected chi connectivity index (χ3v) is 3.70. The standard InChI is InChI=1S/C14H17FN2OS/c1-4-16-10(3)12-7-11(15)5-6-13(12)19-14-17-9(2)8-18-14/h5-8,10,16H,4H2,1-3H3. The molecule has 0 radical (unpaired) electrons. The van der Waals surface area contributed by atoms with Crippen LogP contribution in [0.5, 0.6) is 0 Å². The number of nitrogens with zero attached hydrogens (tertiary/aromatic N) is 1. The third-order valence-electron chi connectivity index (χ3n) is 2.74. The highest BCUT2D eigenvalue weighted by Gasteiger charge is 2.14. The molecule has 0 saturated carbocycles. The topological polar surface area (TPSA) is 38.1 Å². The Kier molecular flexibility index (Phi) is 4.61. The van der Waals surface area contributed by atoms with Crippen LogP contribution in [-0.4, -0.2) is 11.5 Å². The number of halogens is 1. The highest BCUT2D eigenvalue weighted by atomic mass is 32.2. The summed E-state index contributed by atoms with van der Waals surface area (Å²) in [6.07, 6.45) is 1.61. The molecule has 1 aromatic heterocycles. The summed E-state index contributed by atoms with van der Waals surface area (Å²) < 4.78 is 18.7. The van der Waals surface area contributed by atoms with Gasteiger partial charge in [-0.05, 0) is 55.9 Å². The summed E-state index contributed by atoms with van der Waals surface area (Å²) >= 11 is 1.41. The van der Waals surface area contributed by atoms with Gasteiger partial charge in [-0.25, -0.2) is 9.37 Å². The summed E-state index contributed by atoms with van der Waals surface area (Å²) in [6, 6.07) is 4.87. The predicted molar refractivity (Wildman–Crippen MR) is 73.9 cm³/mol. The number of oxazole rings is 1. The number of benzene rings is 1. The van der Waals surface area contributed by atoms with E-state index >= 15 is 0 Å². The molecule has 1 heterocycles. The lowest BCUT2D eigenvalue weighted by Crippen LogP contribution is -2.18. The normalized spacial score (nSPS) is 12.6. The molecule has 102 valence electrons. The van der Waals surface area contributed by atoms with Crippen LogP contribution < -0.4 is 5.32 Å². The Labute approximate surface area is 116 Å². The summed E-state index contributed by atoms with van der Waals surface area (Å²) in [6.45, 7) is 6.75. The molecule has 2 rings (SSSR count). The molecular formula is C14H17FN2OS. The molecule has 1 N–H and O–H groups in total. The van der Waals surface area contributed by atoms with Gasteiger partial charge in [0.25, 0.3) is 5.22 Å². The van der Waals surface area contributed by atoms with E-state index in [4.69, 9.17) is 4.42 Å². The molecule has 5 heteroatoms. The van der Waals surface area contributed by atoms with Crippen LogP contribution in [-0.2, 0) is 0 Å². The molecule has 3 nitrogen and oxygen atoms in total. The van der Waals surface area contributed by atoms with Gasteiger partial charge in [-0.1, -0.05) is 6.92 Å². The molecule has 0 spiro atoms. The Hall–Kier alpha value is -1.33. The smallest absolute Gasteiger partial charge is 0.260 e. The first-order chi connectivity index (χ1) is 9.10. The number of hydrogen-bond acceptors (Lipinski definition) is 4. The number of aromatic nitrogens is 1. The van der Waals surface area contributed by atoms with E-state index in [0.717, 1.165) is 22.7 Å². The van der Waals surface area contributed by atoms with Crippen LogP contribution in [0.15, 0.2) is 39.0 Å². The minimum atomic E-state index is -0.229. The quantitative estimate of drug-likeness (QED) is 0.900. The molecule has 0 saturated heterocycles. The maximum absolute atomic E-state index is 13.4. The van der Waals surface area contributed by atoms with Gasteiger partial charge < -0.3 is 9.73 Å². The molecule has 1 aromatic carbocycles. The second-order valence-corrected chi connectivity index (χ2v) is 5.31. The van der Waals surface area contributed by atoms with Gasteiger partial charge in [0.15, 0.2) is 0 Å². The Morgan fingerprint density at radius 1 is 1.47 bits per heavy atom. The fraction of sp³-hybridized carbons (Fsp3) is 0.357. The molecule has 0 aliphatic heterocycles. The summed E-state index contributed by atoms with van der Waals surface area (Å²) in [5.74, 6) is -0.229. The Morgan fingerprint density at radius 2 is 2.26 bits per heavy atom. The van der Waals surface area contributed by atoms with Crippen molar-refractivity contribution in [1.82, 2.24) is 10.3 Å². The van der Waals surface area contributed by atoms with Crippen LogP contribution in [0.25, 0.3) is 0 Å². The van der Waals surface area contributed by atoms with Crippen molar-refractivity contribution in [2.24, 2.45) is 0 Å². The SMILES string of the molecule is CCNC(C)c1cc(F)ccc1Sc1nc(C)co1. The summed E-state index contributed by atoms with van der Waals surface area (Å²) in [4.78, 5) is 5.21. The van der Waals surface area contributed by atoms with Crippen LogP contribution in [0.4, 0.5) is 4.39 Å². The van der Waals surface area contributed by atoms with Crippen molar-refractivity contribution < 1.29 is 8.81 Å². The largest absolute Gasteiger partial charge is 0.439 e. The van der Waals surface area contributed by atoms with E-state index < -0.39 is 0 Å². The first-order valence-corrected chi connectivity index (χ1v) is 7.04. The van der Waals surface area contributed by atoms with Gasteiger partial charge in [0.1, 0.15) is 12.1 Å². The minimum absolute atomic E-state index is 0.0826. The van der Waals surface area contributed by atoms with Gasteiger partial charge in [0.05, 0.1) is 5.69 Å². The van der Waals surface area contributed by atoms with Crippen molar-refractivity contribution in [3.63, 3.8) is 0 Å². The lowest BCUT2D eigenvalue weighted by atomic mass is 10.1. The van der Waals surface area contributed by atoms with E-state index in [1.54, 1.807) is 18.4 Å². The Balaban J connectivity index is 2.28. The van der Waals surface area contributed by atoms with Crippen molar-refractivity contribution in [1.29, 1.82) is 0 Å². The second kappa shape index (κ2) is 6.21. The van der Waals surface area contributed by atoms with Crippen molar-refractivity contribution in [2.45, 2.75) is 36.9 Å². The molecule has 19 heavy (non-hydrogen) atoms. The number of hydrogen-bond donors (Lipinski definition) is 1. The van der Waals surface area contributed by atoms with E-state index in [0.29, 0.717) is 5.22 Å². The highest BCUT2D eigenvalue weighted by molar-refractivity contribution is 7.99. The fourth-order valence-electron chi connectivity index (χ4n) is 1.84. The van der Waals surface area contributed by atoms with Gasteiger partial charge >= 0.3 is 0 Å². The average Bonchev–Trinajstić information content (AvgIpc) is 2.77. The molecule has 0 aliphatic rings. The molecule has 0 bridgehead atoms. The zero-order valence-corrected chi connectivity index (χ0v) is 12.1. The molecule has 1 atom stereocenters. The molecule has 1 unspecified atom stereocenters. The maximum atomic E-state index is 13.4. The van der Waals surface area contributed by atoms with E-state index in [-0.39, 0.29) is 11.9 Å². The van der Waals surface area contributed by atoms with Gasteiger partial charge in [-0.2, -0.15) is 0 Å². The zero-order valence-electron chi connectivity index (χ0n) is 11.2. The molecule has 0 aliphatic carbocycles. The Morgan fingerprint density at radius 3 is 2.89 bits per heavy atom. The van der Waals surface area contributed by atoms with E-state index in [9.17, 15) is 4.39 Å². The fourth-order valence-corrected chi connectivity index (χ4v) is 2.80. The lowest BCUT2D eigenvalue weighted by molar-refractivity contribution is 0.453. The summed E-state index contributed by atoms with van der Waals surface area (Å²) in [5.41, 5.74) is 1.76. The van der Waals surface area contributed by atoms with Gasteiger partial charge in [0.2, 0.25) is 0 Å². The van der Waals surface area contributed by atoms with Gasteiger partial charge in [-0.3, -0.25) is 0 Å². The zero-order chi connectivity index (χ0) is 13.8. The summed E-state index contributed by atoms with van der Waals surface area (Å²) in [7, 11) is 0. The first-order valence-electron chi connectivity index (χ1n) is 6.23. The molecule has 0 fully saturated rings. The van der Waals surface area contributed by atoms with Crippen molar-refractivity contribution in [3.8, 4) is 0 Å². The maximum Gasteiger partial charge on any atom is 0.260 e. The first kappa shape index (κ1) is 14.1. The van der Waals surface area contributed by atoms with Crippen LogP contribution >= 0.6 is 11.8 Å². The van der Waals surface area contributed by atoms with E-state index in [1.165, 1.54) is 17.8 Å². The monoisotopic (exact) mass is 280 g/mol. The number of aryl methyl sites for hydroxylation is 1. The van der Waals surface area contributed by atoms with E-state index in [1.807, 2.05) is 20.8 Å². The van der Waals surface area contributed by atoms with E-state index in [2.05, 4.69) is 10.3 Å². The lowest BCUT2D eigenvalue weighted by Gasteiger charge is -2.16. The third kappa shape index (κ3) is 3.58. The highest BCUT2D eigenvalue weighted by Crippen LogP contribution is 2.33. The van der Waals surface area contributed by atoms with Gasteiger partial charge in [0, 0.05) is 10.9 Å². The Bertz CT molecular complexity index is 556. The molecule has 2 aromatic rings. The molecular weight excluding hydrogens is 263 g/mol. The van der Waals surface area contributed by atoms with Gasteiger partial charge in [-0.15, -0.1) is 0 Å². The number of rotatable bonds is 5. The van der Waals surface area contributed by atoms with Crippen molar-refractivity contribution in [3.05, 3.63) is 41.5 Å². The van der Waals surface area contributed by atoms with Crippen LogP contribution in [0.2, 0.25) is 0 Å². The molecule has 0 amide bonds. The number of nitrogens with one attached hydrogen (secondary N) is 1. The van der Waals surface area contributed by atoms with Crippen LogP contribution in [0.3, 0.4) is 0 Å². The minimum Gasteiger partial charge on any atom is -0.439 e. The summed E-state index contributed by atoms with van der Waals surface area (Å²) in [5, 5.41) is 3.87. The average molecular weight is 280 g/mol. The van der Waals surface area contributed by atoms with Crippen LogP contribution in [0.1, 0.15) is 31.1 Å². The second-order valence-electron chi connectivity index (χ2n) is 4.32. The van der Waals surface area contributed by atoms with Crippen LogP contribution in [0, 0.1) is 12.7 Å². The predicted octanol–water partition coefficient (Wildman–Crippen LogP) is 3.94.